The van der Waals surface area contributed by atoms with Crippen molar-refractivity contribution < 1.29 is 15.0 Å². The quantitative estimate of drug-likeness (QED) is 0.752. The highest BCUT2D eigenvalue weighted by atomic mass is 16.3. The molecule has 0 bridgehead atoms. The van der Waals surface area contributed by atoms with Crippen LogP contribution in [0.15, 0.2) is 24.3 Å². The van der Waals surface area contributed by atoms with Crippen LogP contribution in [0.3, 0.4) is 0 Å². The molecule has 1 aromatic carbocycles. The van der Waals surface area contributed by atoms with Crippen LogP contribution in [-0.2, 0) is 6.42 Å². The van der Waals surface area contributed by atoms with Crippen LogP contribution < -0.4 is 5.32 Å². The number of carbonyl (C=O) groups excluding carboxylic acids is 1. The van der Waals surface area contributed by atoms with Gasteiger partial charge in [-0.3, -0.25) is 0 Å². The van der Waals surface area contributed by atoms with Crippen LogP contribution in [0.5, 0.6) is 5.75 Å². The number of hydrogen-bond donors (Lipinski definition) is 3. The summed E-state index contributed by atoms with van der Waals surface area (Å²) in [6.45, 7) is 8.02. The highest BCUT2D eigenvalue weighted by molar-refractivity contribution is 5.74. The Morgan fingerprint density at radius 2 is 1.90 bits per heavy atom. The Bertz CT molecular complexity index is 452. The summed E-state index contributed by atoms with van der Waals surface area (Å²) in [4.78, 5) is 13.8. The lowest BCUT2D eigenvalue weighted by atomic mass is 10.1. The van der Waals surface area contributed by atoms with Crippen LogP contribution >= 0.6 is 0 Å². The molecule has 118 valence electrons. The normalized spacial score (nSPS) is 12.8. The lowest BCUT2D eigenvalue weighted by Gasteiger charge is -2.29. The lowest BCUT2D eigenvalue weighted by Crippen LogP contribution is -2.49. The standard InChI is InChI=1S/C16H26N2O3/c1-5-18(11-16(3,4)21)15(20)17-12(2)10-13-6-8-14(19)9-7-13/h6-9,12,19,21H,5,10-11H2,1-4H3,(H,17,20). The van der Waals surface area contributed by atoms with Crippen molar-refractivity contribution in [1.82, 2.24) is 10.2 Å². The van der Waals surface area contributed by atoms with Crippen LogP contribution in [0.4, 0.5) is 4.79 Å². The smallest absolute Gasteiger partial charge is 0.317 e. The number of rotatable bonds is 6. The predicted molar refractivity (Wildman–Crippen MR) is 83.3 cm³/mol. The fourth-order valence-electron chi connectivity index (χ4n) is 2.13. The van der Waals surface area contributed by atoms with Crippen molar-refractivity contribution in [1.29, 1.82) is 0 Å². The fraction of sp³-hybridized carbons (Fsp3) is 0.562. The Kier molecular flexibility index (Phi) is 6.03. The van der Waals surface area contributed by atoms with Crippen LogP contribution in [0.2, 0.25) is 0 Å². The van der Waals surface area contributed by atoms with Gasteiger partial charge in [-0.25, -0.2) is 4.79 Å². The van der Waals surface area contributed by atoms with E-state index in [0.29, 0.717) is 19.5 Å². The number of carbonyl (C=O) groups is 1. The summed E-state index contributed by atoms with van der Waals surface area (Å²) in [5.41, 5.74) is 0.138. The number of nitrogens with zero attached hydrogens (tertiary/aromatic N) is 1. The maximum Gasteiger partial charge on any atom is 0.317 e. The molecule has 0 radical (unpaired) electrons. The average Bonchev–Trinajstić information content (AvgIpc) is 2.37. The van der Waals surface area contributed by atoms with E-state index in [2.05, 4.69) is 5.32 Å². The Hall–Kier alpha value is -1.75. The number of benzene rings is 1. The first-order valence-electron chi connectivity index (χ1n) is 7.27. The molecule has 0 aromatic heterocycles. The molecular formula is C16H26N2O3. The second-order valence-corrected chi connectivity index (χ2v) is 6.05. The summed E-state index contributed by atoms with van der Waals surface area (Å²) in [6, 6.07) is 6.75. The van der Waals surface area contributed by atoms with Crippen LogP contribution in [0.25, 0.3) is 0 Å². The monoisotopic (exact) mass is 294 g/mol. The first kappa shape index (κ1) is 17.3. The van der Waals surface area contributed by atoms with Crippen LogP contribution in [0, 0.1) is 0 Å². The zero-order chi connectivity index (χ0) is 16.0. The van der Waals surface area contributed by atoms with Crippen molar-refractivity contribution in [3.63, 3.8) is 0 Å². The Balaban J connectivity index is 2.54. The zero-order valence-electron chi connectivity index (χ0n) is 13.3. The van der Waals surface area contributed by atoms with Gasteiger partial charge in [-0.05, 0) is 51.8 Å². The van der Waals surface area contributed by atoms with E-state index in [0.717, 1.165) is 5.56 Å². The third kappa shape index (κ3) is 6.49. The van der Waals surface area contributed by atoms with Gasteiger partial charge in [0.15, 0.2) is 0 Å². The molecule has 0 saturated heterocycles. The molecular weight excluding hydrogens is 268 g/mol. The molecule has 1 unspecified atom stereocenters. The van der Waals surface area contributed by atoms with Crippen molar-refractivity contribution >= 4 is 6.03 Å². The summed E-state index contributed by atoms with van der Waals surface area (Å²) in [5, 5.41) is 22.0. The molecule has 2 amide bonds. The number of urea groups is 1. The average molecular weight is 294 g/mol. The number of hydrogen-bond acceptors (Lipinski definition) is 3. The van der Waals surface area contributed by atoms with Crippen molar-refractivity contribution in [3.05, 3.63) is 29.8 Å². The molecule has 1 aromatic rings. The summed E-state index contributed by atoms with van der Waals surface area (Å²) in [6.07, 6.45) is 0.687. The van der Waals surface area contributed by atoms with Gasteiger partial charge in [-0.15, -0.1) is 0 Å². The Morgan fingerprint density at radius 3 is 2.38 bits per heavy atom. The third-order valence-corrected chi connectivity index (χ3v) is 3.09. The van der Waals surface area contributed by atoms with Crippen molar-refractivity contribution in [2.24, 2.45) is 0 Å². The van der Waals surface area contributed by atoms with E-state index in [9.17, 15) is 15.0 Å². The molecule has 0 spiro atoms. The van der Waals surface area contributed by atoms with Gasteiger partial charge < -0.3 is 20.4 Å². The van der Waals surface area contributed by atoms with E-state index in [1.165, 1.54) is 0 Å². The predicted octanol–water partition coefficient (Wildman–Crippen LogP) is 2.13. The number of phenols is 1. The second kappa shape index (κ2) is 7.31. The fourth-order valence-corrected chi connectivity index (χ4v) is 2.13. The summed E-state index contributed by atoms with van der Waals surface area (Å²) in [7, 11) is 0. The lowest BCUT2D eigenvalue weighted by molar-refractivity contribution is 0.0476. The zero-order valence-corrected chi connectivity index (χ0v) is 13.3. The van der Waals surface area contributed by atoms with Gasteiger partial charge in [-0.1, -0.05) is 12.1 Å². The van der Waals surface area contributed by atoms with Gasteiger partial charge in [-0.2, -0.15) is 0 Å². The molecule has 1 atom stereocenters. The number of phenolic OH excluding ortho intramolecular Hbond substituents is 1. The van der Waals surface area contributed by atoms with E-state index in [1.54, 1.807) is 30.9 Å². The first-order chi connectivity index (χ1) is 9.71. The van der Waals surface area contributed by atoms with Crippen molar-refractivity contribution in [3.8, 4) is 5.75 Å². The maximum absolute atomic E-state index is 12.2. The molecule has 1 rings (SSSR count). The molecule has 5 nitrogen and oxygen atoms in total. The molecule has 0 aliphatic rings. The van der Waals surface area contributed by atoms with E-state index >= 15 is 0 Å². The minimum atomic E-state index is -0.909. The highest BCUT2D eigenvalue weighted by Crippen LogP contribution is 2.11. The topological polar surface area (TPSA) is 72.8 Å². The van der Waals surface area contributed by atoms with Gasteiger partial charge in [0.1, 0.15) is 5.75 Å². The largest absolute Gasteiger partial charge is 0.508 e. The summed E-state index contributed by atoms with van der Waals surface area (Å²) < 4.78 is 0. The summed E-state index contributed by atoms with van der Waals surface area (Å²) >= 11 is 0. The minimum Gasteiger partial charge on any atom is -0.508 e. The molecule has 21 heavy (non-hydrogen) atoms. The molecule has 0 aliphatic carbocycles. The number of likely N-dealkylation sites (N-methyl/N-ethyl adjacent to an activating group) is 1. The maximum atomic E-state index is 12.2. The molecule has 3 N–H and O–H groups in total. The molecule has 0 heterocycles. The van der Waals surface area contributed by atoms with E-state index in [1.807, 2.05) is 26.0 Å². The van der Waals surface area contributed by atoms with E-state index in [-0.39, 0.29) is 17.8 Å². The molecule has 0 fully saturated rings. The van der Waals surface area contributed by atoms with Crippen molar-refractivity contribution in [2.45, 2.75) is 45.8 Å². The first-order valence-corrected chi connectivity index (χ1v) is 7.27. The SMILES string of the molecule is CCN(CC(C)(C)O)C(=O)NC(C)Cc1ccc(O)cc1. The van der Waals surface area contributed by atoms with Gasteiger partial charge in [0, 0.05) is 12.6 Å². The van der Waals surface area contributed by atoms with Gasteiger partial charge in [0.2, 0.25) is 0 Å². The van der Waals surface area contributed by atoms with Crippen LogP contribution in [-0.4, -0.2) is 45.9 Å². The third-order valence-electron chi connectivity index (χ3n) is 3.09. The molecule has 0 saturated carbocycles. The van der Waals surface area contributed by atoms with Gasteiger partial charge in [0.25, 0.3) is 0 Å². The molecule has 0 aliphatic heterocycles. The highest BCUT2D eigenvalue weighted by Gasteiger charge is 2.22. The number of nitrogens with one attached hydrogen (secondary N) is 1. The van der Waals surface area contributed by atoms with E-state index in [4.69, 9.17) is 0 Å². The van der Waals surface area contributed by atoms with E-state index < -0.39 is 5.60 Å². The summed E-state index contributed by atoms with van der Waals surface area (Å²) in [5.74, 6) is 0.234. The second-order valence-electron chi connectivity index (χ2n) is 6.05. The van der Waals surface area contributed by atoms with Gasteiger partial charge in [0.05, 0.1) is 12.1 Å². The number of aromatic hydroxyl groups is 1. The molecule has 5 heteroatoms. The van der Waals surface area contributed by atoms with Gasteiger partial charge >= 0.3 is 6.03 Å². The minimum absolute atomic E-state index is 0.0297. The van der Waals surface area contributed by atoms with Crippen LogP contribution in [0.1, 0.15) is 33.3 Å². The Labute approximate surface area is 126 Å². The number of aliphatic hydroxyl groups is 1. The van der Waals surface area contributed by atoms with Crippen molar-refractivity contribution in [2.75, 3.05) is 13.1 Å². The number of amides is 2. The Morgan fingerprint density at radius 1 is 1.33 bits per heavy atom.